The maximum Gasteiger partial charge on any atom is 0.187 e. The van der Waals surface area contributed by atoms with Gasteiger partial charge >= 0.3 is 0 Å². The van der Waals surface area contributed by atoms with E-state index >= 15 is 0 Å². The maximum atomic E-state index is 10.6. The monoisotopic (exact) mass is 496 g/mol. The molecule has 2 fully saturated rings. The Balaban J connectivity index is 1.78. The number of hydrogen-bond donors (Lipinski definition) is 7. The highest BCUT2D eigenvalue weighted by Crippen LogP contribution is 2.29. The molecule has 2 aliphatic rings. The van der Waals surface area contributed by atoms with Gasteiger partial charge in [-0.1, -0.05) is 58.3 Å². The molecule has 2 heterocycles. The summed E-state index contributed by atoms with van der Waals surface area (Å²) in [6.07, 6.45) is -3.99. The van der Waals surface area contributed by atoms with E-state index in [1.165, 1.54) is 38.5 Å². The van der Waals surface area contributed by atoms with Gasteiger partial charge in [0.1, 0.15) is 48.8 Å². The van der Waals surface area contributed by atoms with Gasteiger partial charge in [0.2, 0.25) is 0 Å². The molecule has 2 rings (SSSR count). The Bertz CT molecular complexity index is 535. The molecule has 0 radical (unpaired) electrons. The molecule has 11 heteroatoms. The van der Waals surface area contributed by atoms with Crippen LogP contribution in [0.1, 0.15) is 64.7 Å². The van der Waals surface area contributed by atoms with Crippen LogP contribution in [0.3, 0.4) is 0 Å². The number of ether oxygens (including phenoxy) is 4. The normalized spacial score (nSPS) is 38.8. The molecule has 0 aromatic carbocycles. The van der Waals surface area contributed by atoms with Gasteiger partial charge in [-0.05, 0) is 6.42 Å². The molecule has 7 N–H and O–H groups in total. The zero-order valence-electron chi connectivity index (χ0n) is 20.0. The second kappa shape index (κ2) is 15.6. The largest absolute Gasteiger partial charge is 0.394 e. The highest BCUT2D eigenvalue weighted by molar-refractivity contribution is 4.94. The average molecular weight is 497 g/mol. The molecule has 2 aliphatic heterocycles. The molecular weight excluding hydrogens is 452 g/mol. The standard InChI is InChI=1S/C23H44O11/c1-2-3-4-5-6-7-8-9-10-11-31-22-20(30)18(28)21(15(13-25)33-22)34-23-19(29)17(27)16(26)14(12-24)32-23/h14-30H,2-13H2,1H3/t14?,15?,16-,17+,18-,19?,20?,21-,22-,23-/m1/s1. The molecule has 4 unspecified atom stereocenters. The second-order valence-corrected chi connectivity index (χ2v) is 9.20. The molecule has 0 bridgehead atoms. The molecule has 0 aromatic rings. The predicted molar refractivity (Wildman–Crippen MR) is 120 cm³/mol. The summed E-state index contributed by atoms with van der Waals surface area (Å²) < 4.78 is 22.0. The van der Waals surface area contributed by atoms with Crippen LogP contribution in [0.2, 0.25) is 0 Å². The number of rotatable bonds is 15. The first kappa shape index (κ1) is 29.8. The van der Waals surface area contributed by atoms with Crippen LogP contribution in [0.4, 0.5) is 0 Å². The number of aliphatic hydroxyl groups excluding tert-OH is 7. The SMILES string of the molecule is CCCCCCCCCCCO[C@@H]1OC(CO)[C@@H](O[C@H]2OC(CO)[C@@H](O)[C@H](O)C2O)[C@H](O)C1O. The third-order valence-electron chi connectivity index (χ3n) is 6.49. The van der Waals surface area contributed by atoms with Crippen LogP contribution in [0, 0.1) is 0 Å². The minimum Gasteiger partial charge on any atom is -0.394 e. The molecule has 0 amide bonds. The zero-order valence-corrected chi connectivity index (χ0v) is 20.0. The Morgan fingerprint density at radius 1 is 0.588 bits per heavy atom. The summed E-state index contributed by atoms with van der Waals surface area (Å²) in [5.41, 5.74) is 0. The minimum atomic E-state index is -1.69. The van der Waals surface area contributed by atoms with Crippen LogP contribution in [0.5, 0.6) is 0 Å². The summed E-state index contributed by atoms with van der Waals surface area (Å²) in [7, 11) is 0. The molecule has 11 nitrogen and oxygen atoms in total. The van der Waals surface area contributed by atoms with Crippen LogP contribution in [-0.4, -0.2) is 117 Å². The number of aliphatic hydroxyl groups is 7. The van der Waals surface area contributed by atoms with Crippen molar-refractivity contribution >= 4 is 0 Å². The van der Waals surface area contributed by atoms with Crippen molar-refractivity contribution in [3.8, 4) is 0 Å². The van der Waals surface area contributed by atoms with Crippen molar-refractivity contribution in [1.29, 1.82) is 0 Å². The zero-order chi connectivity index (χ0) is 25.1. The van der Waals surface area contributed by atoms with Gasteiger partial charge in [-0.2, -0.15) is 0 Å². The Labute approximate surface area is 201 Å². The Morgan fingerprint density at radius 3 is 1.71 bits per heavy atom. The van der Waals surface area contributed by atoms with Crippen LogP contribution in [-0.2, 0) is 18.9 Å². The van der Waals surface area contributed by atoms with Crippen molar-refractivity contribution in [2.45, 2.75) is 126 Å². The Morgan fingerprint density at radius 2 is 1.12 bits per heavy atom. The van der Waals surface area contributed by atoms with Crippen molar-refractivity contribution in [2.24, 2.45) is 0 Å². The fourth-order valence-corrected chi connectivity index (χ4v) is 4.31. The van der Waals surface area contributed by atoms with E-state index in [1.807, 2.05) is 0 Å². The van der Waals surface area contributed by atoms with Crippen molar-refractivity contribution in [2.75, 3.05) is 19.8 Å². The smallest absolute Gasteiger partial charge is 0.187 e. The van der Waals surface area contributed by atoms with Gasteiger partial charge in [0.05, 0.1) is 13.2 Å². The van der Waals surface area contributed by atoms with E-state index in [-0.39, 0.29) is 0 Å². The summed E-state index contributed by atoms with van der Waals surface area (Å²) in [4.78, 5) is 0. The molecule has 2 saturated heterocycles. The lowest BCUT2D eigenvalue weighted by Gasteiger charge is -2.45. The van der Waals surface area contributed by atoms with Crippen molar-refractivity contribution in [3.05, 3.63) is 0 Å². The fraction of sp³-hybridized carbons (Fsp3) is 1.00. The molecule has 34 heavy (non-hydrogen) atoms. The number of unbranched alkanes of at least 4 members (excludes halogenated alkanes) is 8. The Kier molecular flexibility index (Phi) is 13.7. The molecule has 0 aromatic heterocycles. The summed E-state index contributed by atoms with van der Waals surface area (Å²) >= 11 is 0. The van der Waals surface area contributed by atoms with E-state index in [2.05, 4.69) is 6.92 Å². The van der Waals surface area contributed by atoms with Crippen LogP contribution >= 0.6 is 0 Å². The van der Waals surface area contributed by atoms with Crippen molar-refractivity contribution in [3.63, 3.8) is 0 Å². The molecule has 10 atom stereocenters. The predicted octanol–water partition coefficient (Wildman–Crippen LogP) is -0.842. The molecule has 0 aliphatic carbocycles. The van der Waals surface area contributed by atoms with E-state index in [0.717, 1.165) is 19.3 Å². The first-order valence-electron chi connectivity index (χ1n) is 12.6. The van der Waals surface area contributed by atoms with Gasteiger partial charge in [-0.3, -0.25) is 0 Å². The summed E-state index contributed by atoms with van der Waals surface area (Å²) in [6.45, 7) is 1.29. The molecule has 202 valence electrons. The highest BCUT2D eigenvalue weighted by atomic mass is 16.7. The van der Waals surface area contributed by atoms with E-state index in [1.54, 1.807) is 0 Å². The number of hydrogen-bond acceptors (Lipinski definition) is 11. The highest BCUT2D eigenvalue weighted by Gasteiger charge is 2.50. The van der Waals surface area contributed by atoms with Gasteiger partial charge in [0, 0.05) is 6.61 Å². The van der Waals surface area contributed by atoms with E-state index in [4.69, 9.17) is 18.9 Å². The molecule has 0 saturated carbocycles. The lowest BCUT2D eigenvalue weighted by Crippen LogP contribution is -2.64. The van der Waals surface area contributed by atoms with Gasteiger partial charge in [0.15, 0.2) is 12.6 Å². The van der Waals surface area contributed by atoms with Crippen molar-refractivity contribution in [1.82, 2.24) is 0 Å². The van der Waals surface area contributed by atoms with Crippen LogP contribution in [0.15, 0.2) is 0 Å². The summed E-state index contributed by atoms with van der Waals surface area (Å²) in [5.74, 6) is 0. The van der Waals surface area contributed by atoms with Gasteiger partial charge in [0.25, 0.3) is 0 Å². The first-order chi connectivity index (χ1) is 16.3. The Hall–Kier alpha value is -0.440. The van der Waals surface area contributed by atoms with Gasteiger partial charge in [-0.15, -0.1) is 0 Å². The van der Waals surface area contributed by atoms with Crippen molar-refractivity contribution < 1.29 is 54.7 Å². The molecule has 0 spiro atoms. The third-order valence-corrected chi connectivity index (χ3v) is 6.49. The summed E-state index contributed by atoms with van der Waals surface area (Å²) in [6, 6.07) is 0. The quantitative estimate of drug-likeness (QED) is 0.141. The van der Waals surface area contributed by atoms with E-state index in [0.29, 0.717) is 6.61 Å². The van der Waals surface area contributed by atoms with Gasteiger partial charge < -0.3 is 54.7 Å². The average Bonchev–Trinajstić information content (AvgIpc) is 2.84. The minimum absolute atomic E-state index is 0.320. The van der Waals surface area contributed by atoms with E-state index < -0.39 is 74.6 Å². The van der Waals surface area contributed by atoms with Crippen LogP contribution < -0.4 is 0 Å². The van der Waals surface area contributed by atoms with Gasteiger partial charge in [-0.25, -0.2) is 0 Å². The fourth-order valence-electron chi connectivity index (χ4n) is 4.31. The lowest BCUT2D eigenvalue weighted by molar-refractivity contribution is -0.359. The maximum absolute atomic E-state index is 10.6. The third kappa shape index (κ3) is 8.31. The second-order valence-electron chi connectivity index (χ2n) is 9.20. The van der Waals surface area contributed by atoms with E-state index in [9.17, 15) is 35.7 Å². The molecular formula is C23H44O11. The summed E-state index contributed by atoms with van der Waals surface area (Å²) in [5, 5.41) is 70.0. The topological polar surface area (TPSA) is 179 Å². The first-order valence-corrected chi connectivity index (χ1v) is 12.6. The van der Waals surface area contributed by atoms with Crippen LogP contribution in [0.25, 0.3) is 0 Å². The lowest BCUT2D eigenvalue weighted by atomic mass is 9.97.